The molecule has 0 radical (unpaired) electrons. The first-order valence-electron chi connectivity index (χ1n) is 10.9. The van der Waals surface area contributed by atoms with Crippen molar-refractivity contribution in [2.45, 2.75) is 56.7 Å². The molecule has 1 amide bonds. The molecule has 5 rings (SSSR count). The summed E-state index contributed by atoms with van der Waals surface area (Å²) in [6.45, 7) is 2.32. The number of ether oxygens (including phenoxy) is 1. The Morgan fingerprint density at radius 3 is 2.55 bits per heavy atom. The molecule has 3 aliphatic rings. The predicted molar refractivity (Wildman–Crippen MR) is 115 cm³/mol. The highest BCUT2D eigenvalue weighted by molar-refractivity contribution is 7.15. The Morgan fingerprint density at radius 1 is 1.10 bits per heavy atom. The van der Waals surface area contributed by atoms with Crippen LogP contribution in [0.2, 0.25) is 0 Å². The normalized spacial score (nSPS) is 26.3. The lowest BCUT2D eigenvalue weighted by Crippen LogP contribution is -2.49. The van der Waals surface area contributed by atoms with Gasteiger partial charge in [-0.2, -0.15) is 0 Å². The maximum absolute atomic E-state index is 13.0. The molecule has 0 bridgehead atoms. The minimum atomic E-state index is -0.226. The number of rotatable bonds is 2. The van der Waals surface area contributed by atoms with Crippen LogP contribution in [0.3, 0.4) is 0 Å². The van der Waals surface area contributed by atoms with Gasteiger partial charge in [-0.15, -0.1) is 11.3 Å². The van der Waals surface area contributed by atoms with E-state index in [4.69, 9.17) is 4.74 Å². The van der Waals surface area contributed by atoms with Gasteiger partial charge in [-0.05, 0) is 55.7 Å². The maximum atomic E-state index is 13.0. The van der Waals surface area contributed by atoms with Gasteiger partial charge >= 0.3 is 0 Å². The van der Waals surface area contributed by atoms with Gasteiger partial charge in [0, 0.05) is 35.2 Å². The van der Waals surface area contributed by atoms with Crippen molar-refractivity contribution < 1.29 is 14.6 Å². The summed E-state index contributed by atoms with van der Waals surface area (Å²) in [6.07, 6.45) is 5.71. The van der Waals surface area contributed by atoms with Crippen LogP contribution in [0.4, 0.5) is 0 Å². The molecule has 0 unspecified atom stereocenters. The van der Waals surface area contributed by atoms with Crippen LogP contribution in [-0.4, -0.2) is 41.7 Å². The largest absolute Gasteiger partial charge is 0.393 e. The zero-order chi connectivity index (χ0) is 19.8. The van der Waals surface area contributed by atoms with Gasteiger partial charge in [-0.3, -0.25) is 4.79 Å². The minimum Gasteiger partial charge on any atom is -0.393 e. The highest BCUT2D eigenvalue weighted by Gasteiger charge is 2.43. The third-order valence-corrected chi connectivity index (χ3v) is 8.24. The van der Waals surface area contributed by atoms with Crippen molar-refractivity contribution in [1.29, 1.82) is 0 Å². The number of carbonyl (C=O) groups excluding carboxylic acids is 1. The number of hydrogen-bond acceptors (Lipinski definition) is 4. The summed E-state index contributed by atoms with van der Waals surface area (Å²) in [6, 6.07) is 12.9. The lowest BCUT2D eigenvalue weighted by molar-refractivity contribution is -0.146. The van der Waals surface area contributed by atoms with Crippen molar-refractivity contribution >= 4 is 17.2 Å². The lowest BCUT2D eigenvalue weighted by atomic mass is 9.81. The third-order valence-electron chi connectivity index (χ3n) is 6.99. The van der Waals surface area contributed by atoms with Gasteiger partial charge in [-0.25, -0.2) is 0 Å². The molecular formula is C24H29NO3S. The Bertz CT molecular complexity index is 862. The smallest absolute Gasteiger partial charge is 0.225 e. The molecular weight excluding hydrogens is 382 g/mol. The third kappa shape index (κ3) is 3.65. The number of aliphatic hydroxyl groups excluding tert-OH is 1. The molecule has 1 saturated heterocycles. The van der Waals surface area contributed by atoms with Crippen LogP contribution in [-0.2, 0) is 21.6 Å². The fourth-order valence-corrected chi connectivity index (χ4v) is 6.48. The van der Waals surface area contributed by atoms with Gasteiger partial charge in [0.2, 0.25) is 5.91 Å². The molecule has 2 aromatic rings. The number of piperidine rings is 1. The van der Waals surface area contributed by atoms with Gasteiger partial charge in [0.1, 0.15) is 0 Å². The summed E-state index contributed by atoms with van der Waals surface area (Å²) in [5, 5.41) is 9.72. The monoisotopic (exact) mass is 411 g/mol. The van der Waals surface area contributed by atoms with Crippen molar-refractivity contribution in [2.75, 3.05) is 19.7 Å². The van der Waals surface area contributed by atoms with E-state index in [1.807, 2.05) is 11.3 Å². The van der Waals surface area contributed by atoms with Crippen LogP contribution in [0.25, 0.3) is 10.4 Å². The topological polar surface area (TPSA) is 49.8 Å². The first kappa shape index (κ1) is 19.3. The molecule has 1 spiro atoms. The van der Waals surface area contributed by atoms with Crippen LogP contribution < -0.4 is 0 Å². The second-order valence-corrected chi connectivity index (χ2v) is 9.87. The number of thiophene rings is 1. The van der Waals surface area contributed by atoms with E-state index in [9.17, 15) is 9.90 Å². The van der Waals surface area contributed by atoms with Crippen LogP contribution in [0.15, 0.2) is 36.4 Å². The van der Waals surface area contributed by atoms with E-state index in [0.717, 1.165) is 64.6 Å². The zero-order valence-electron chi connectivity index (χ0n) is 16.8. The quantitative estimate of drug-likeness (QED) is 0.799. The number of fused-ring (bicyclic) bond motifs is 2. The van der Waals surface area contributed by atoms with Crippen molar-refractivity contribution in [3.05, 3.63) is 46.8 Å². The standard InChI is InChI=1S/C24H29NO3S/c26-19-8-6-18(7-9-19)23(27)25-13-11-24(12-14-25)20-16-22(17-4-2-1-3-5-17)29-21(20)10-15-28-24/h1-5,16,18-19,26H,6-15H2. The summed E-state index contributed by atoms with van der Waals surface area (Å²) >= 11 is 1.90. The molecule has 29 heavy (non-hydrogen) atoms. The number of aliphatic hydroxyl groups is 1. The first-order valence-corrected chi connectivity index (χ1v) is 11.8. The van der Waals surface area contributed by atoms with E-state index < -0.39 is 0 Å². The van der Waals surface area contributed by atoms with Gasteiger partial charge < -0.3 is 14.7 Å². The van der Waals surface area contributed by atoms with Crippen molar-refractivity contribution in [3.63, 3.8) is 0 Å². The molecule has 1 aromatic heterocycles. The van der Waals surface area contributed by atoms with Crippen LogP contribution in [0.1, 0.15) is 49.0 Å². The molecule has 2 fully saturated rings. The Balaban J connectivity index is 1.31. The number of amides is 1. The fraction of sp³-hybridized carbons (Fsp3) is 0.542. The van der Waals surface area contributed by atoms with E-state index in [1.165, 1.54) is 20.9 Å². The van der Waals surface area contributed by atoms with Crippen molar-refractivity contribution in [2.24, 2.45) is 5.92 Å². The second-order valence-electron chi connectivity index (χ2n) is 8.74. The van der Waals surface area contributed by atoms with Crippen molar-refractivity contribution in [3.8, 4) is 10.4 Å². The van der Waals surface area contributed by atoms with E-state index in [-0.39, 0.29) is 23.5 Å². The molecule has 0 atom stereocenters. The molecule has 1 aromatic carbocycles. The summed E-state index contributed by atoms with van der Waals surface area (Å²) in [4.78, 5) is 17.8. The second kappa shape index (κ2) is 7.86. The molecule has 4 nitrogen and oxygen atoms in total. The SMILES string of the molecule is O=C(C1CCC(O)CC1)N1CCC2(CC1)OCCc1sc(-c3ccccc3)cc12. The van der Waals surface area contributed by atoms with Gasteiger partial charge in [-0.1, -0.05) is 30.3 Å². The van der Waals surface area contributed by atoms with E-state index in [0.29, 0.717) is 0 Å². The van der Waals surface area contributed by atoms with E-state index in [1.54, 1.807) is 0 Å². The molecule has 1 aliphatic carbocycles. The number of hydrogen-bond donors (Lipinski definition) is 1. The summed E-state index contributed by atoms with van der Waals surface area (Å²) in [5.41, 5.74) is 2.41. The van der Waals surface area contributed by atoms with Gasteiger partial charge in [0.05, 0.1) is 18.3 Å². The minimum absolute atomic E-state index is 0.0983. The van der Waals surface area contributed by atoms with Gasteiger partial charge in [0.25, 0.3) is 0 Å². The highest BCUT2D eigenvalue weighted by Crippen LogP contribution is 2.47. The van der Waals surface area contributed by atoms with E-state index in [2.05, 4.69) is 41.3 Å². The first-order chi connectivity index (χ1) is 14.1. The fourth-order valence-electron chi connectivity index (χ4n) is 5.24. The lowest BCUT2D eigenvalue weighted by Gasteiger charge is -2.45. The number of benzene rings is 1. The average Bonchev–Trinajstić information content (AvgIpc) is 3.21. The summed E-state index contributed by atoms with van der Waals surface area (Å²) in [7, 11) is 0. The molecule has 5 heteroatoms. The van der Waals surface area contributed by atoms with Crippen LogP contribution >= 0.6 is 11.3 Å². The maximum Gasteiger partial charge on any atom is 0.225 e. The molecule has 2 aliphatic heterocycles. The van der Waals surface area contributed by atoms with Gasteiger partial charge in [0.15, 0.2) is 0 Å². The highest BCUT2D eigenvalue weighted by atomic mass is 32.1. The van der Waals surface area contributed by atoms with Crippen LogP contribution in [0, 0.1) is 5.92 Å². The molecule has 154 valence electrons. The van der Waals surface area contributed by atoms with E-state index >= 15 is 0 Å². The zero-order valence-corrected chi connectivity index (χ0v) is 17.6. The Kier molecular flexibility index (Phi) is 5.23. The predicted octanol–water partition coefficient (Wildman–Crippen LogP) is 4.36. The Morgan fingerprint density at radius 2 is 1.83 bits per heavy atom. The van der Waals surface area contributed by atoms with Crippen LogP contribution in [0.5, 0.6) is 0 Å². The number of likely N-dealkylation sites (tertiary alicyclic amines) is 1. The summed E-state index contributed by atoms with van der Waals surface area (Å²) in [5.74, 6) is 0.388. The van der Waals surface area contributed by atoms with Crippen molar-refractivity contribution in [1.82, 2.24) is 4.90 Å². The number of carbonyl (C=O) groups is 1. The average molecular weight is 412 g/mol. The Hall–Kier alpha value is -1.69. The molecule has 3 heterocycles. The number of nitrogens with zero attached hydrogens (tertiary/aromatic N) is 1. The molecule has 1 N–H and O–H groups in total. The Labute approximate surface area is 176 Å². The summed E-state index contributed by atoms with van der Waals surface area (Å²) < 4.78 is 6.41. The molecule has 1 saturated carbocycles.